The second-order valence-corrected chi connectivity index (χ2v) is 8.03. The molecule has 0 radical (unpaired) electrons. The summed E-state index contributed by atoms with van der Waals surface area (Å²) in [5.74, 6) is 0.639. The minimum absolute atomic E-state index is 0.00996. The van der Waals surface area contributed by atoms with E-state index in [9.17, 15) is 9.59 Å². The topological polar surface area (TPSA) is 52.7 Å². The molecule has 3 rings (SSSR count). The van der Waals surface area contributed by atoms with Gasteiger partial charge in [-0.05, 0) is 0 Å². The van der Waals surface area contributed by atoms with Crippen molar-refractivity contribution in [1.29, 1.82) is 0 Å². The molecule has 1 aliphatic carbocycles. The van der Waals surface area contributed by atoms with E-state index in [-0.39, 0.29) is 38.9 Å². The molecule has 0 unspecified atom stereocenters. The van der Waals surface area contributed by atoms with E-state index in [4.69, 9.17) is 0 Å². The van der Waals surface area contributed by atoms with Crippen LogP contribution in [0.5, 0.6) is 0 Å². The number of hydrogen-bond donors (Lipinski definition) is 1. The average Bonchev–Trinajstić information content (AvgIpc) is 3.33. The average molecular weight is 402 g/mol. The van der Waals surface area contributed by atoms with Gasteiger partial charge in [0.15, 0.2) is 0 Å². The number of carbonyl (C=O) groups excluding carboxylic acids is 2. The molecule has 0 atom stereocenters. The Kier molecular flexibility index (Phi) is 4.51. The summed E-state index contributed by atoms with van der Waals surface area (Å²) in [4.78, 5) is 28.4. The van der Waals surface area contributed by atoms with Crippen LogP contribution < -0.4 is 26.5 Å². The molecule has 0 aromatic carbocycles. The maximum absolute atomic E-state index is 12.6. The second kappa shape index (κ2) is 6.37. The van der Waals surface area contributed by atoms with E-state index < -0.39 is 0 Å². The predicted octanol–water partition coefficient (Wildman–Crippen LogP) is -2.50. The number of carbonyl (C=O) groups is 2. The van der Waals surface area contributed by atoms with Gasteiger partial charge in [-0.15, -0.1) is 0 Å². The van der Waals surface area contributed by atoms with Crippen molar-refractivity contribution in [3.05, 3.63) is 21.4 Å². The van der Waals surface area contributed by atoms with Crippen molar-refractivity contribution in [3.63, 3.8) is 0 Å². The molecular weight excluding hydrogens is 381 g/mol. The van der Waals surface area contributed by atoms with Crippen molar-refractivity contribution in [2.45, 2.75) is 19.8 Å². The van der Waals surface area contributed by atoms with Gasteiger partial charge in [0.1, 0.15) is 0 Å². The van der Waals surface area contributed by atoms with Crippen LogP contribution in [0.1, 0.15) is 19.8 Å². The Bertz CT molecular complexity index is 503. The van der Waals surface area contributed by atoms with Crippen molar-refractivity contribution in [3.8, 4) is 0 Å². The number of amides is 2. The van der Waals surface area contributed by atoms with Crippen LogP contribution in [0.15, 0.2) is 21.4 Å². The van der Waals surface area contributed by atoms with Gasteiger partial charge in [-0.1, -0.05) is 0 Å². The Hall–Kier alpha value is -1.05. The van der Waals surface area contributed by atoms with Gasteiger partial charge in [-0.2, -0.15) is 0 Å². The molecule has 116 valence electrons. The fourth-order valence-corrected chi connectivity index (χ4v) is 4.33. The Morgan fingerprint density at radius 1 is 1.19 bits per heavy atom. The molecule has 21 heavy (non-hydrogen) atoms. The molecule has 0 aromatic rings. The molecule has 1 N–H and O–H groups in total. The van der Waals surface area contributed by atoms with Gasteiger partial charge in [0.25, 0.3) is 0 Å². The molecule has 0 spiro atoms. The standard InChI is InChI=1S/C15H21IN3O2/c1-11-8-13(17-10-16-9-11)15(21)19-6-4-18(5-7-19)14(20)12-2-3-12/h8-9,12,17H,2-7,10H2,1H3/q-1. The Morgan fingerprint density at radius 2 is 1.86 bits per heavy atom. The van der Waals surface area contributed by atoms with E-state index in [0.29, 0.717) is 31.9 Å². The number of halogens is 1. The van der Waals surface area contributed by atoms with Gasteiger partial charge in [-0.25, -0.2) is 0 Å². The summed E-state index contributed by atoms with van der Waals surface area (Å²) in [5, 5.41) is 3.26. The quantitative estimate of drug-likeness (QED) is 0.316. The monoisotopic (exact) mass is 402 g/mol. The van der Waals surface area contributed by atoms with E-state index in [1.165, 1.54) is 5.57 Å². The number of rotatable bonds is 2. The first kappa shape index (κ1) is 14.9. The van der Waals surface area contributed by atoms with E-state index in [1.807, 2.05) is 22.8 Å². The number of allylic oxidation sites excluding steroid dienone is 2. The number of hydrogen-bond acceptors (Lipinski definition) is 3. The van der Waals surface area contributed by atoms with Crippen LogP contribution in [-0.2, 0) is 9.59 Å². The molecular formula is C15H21IN3O2-. The van der Waals surface area contributed by atoms with Crippen molar-refractivity contribution < 1.29 is 30.8 Å². The molecule has 0 bridgehead atoms. The molecule has 1 saturated heterocycles. The first-order valence-electron chi connectivity index (χ1n) is 7.43. The zero-order chi connectivity index (χ0) is 14.8. The van der Waals surface area contributed by atoms with Crippen molar-refractivity contribution in [2.75, 3.05) is 30.7 Å². The van der Waals surface area contributed by atoms with Gasteiger partial charge < -0.3 is 0 Å². The SMILES string of the molecule is CC1=C[I-]CNC(C(=O)N2CCN(C(=O)C3CC3)CC2)=C1. The summed E-state index contributed by atoms with van der Waals surface area (Å²) in [6, 6.07) is 0. The molecule has 5 nitrogen and oxygen atoms in total. The van der Waals surface area contributed by atoms with Gasteiger partial charge in [0, 0.05) is 0 Å². The molecule has 6 heteroatoms. The van der Waals surface area contributed by atoms with Crippen LogP contribution in [0.4, 0.5) is 0 Å². The third-order valence-electron chi connectivity index (χ3n) is 3.99. The molecule has 1 saturated carbocycles. The minimum atomic E-state index is 0.00996. The third kappa shape index (κ3) is 3.59. The van der Waals surface area contributed by atoms with Crippen molar-refractivity contribution >= 4 is 11.8 Å². The molecule has 2 heterocycles. The summed E-state index contributed by atoms with van der Waals surface area (Å²) in [6.07, 6.45) is 4.05. The van der Waals surface area contributed by atoms with E-state index in [1.54, 1.807) is 0 Å². The molecule has 2 aliphatic heterocycles. The first-order chi connectivity index (χ1) is 10.1. The maximum atomic E-state index is 12.6. The number of alkyl halides is 1. The van der Waals surface area contributed by atoms with Crippen LogP contribution in [0.3, 0.4) is 0 Å². The molecule has 0 aromatic heterocycles. The predicted molar refractivity (Wildman–Crippen MR) is 75.7 cm³/mol. The normalized spacial score (nSPS) is 23.3. The van der Waals surface area contributed by atoms with Gasteiger partial charge in [0.2, 0.25) is 0 Å². The van der Waals surface area contributed by atoms with Crippen LogP contribution in [0, 0.1) is 5.92 Å². The molecule has 2 fully saturated rings. The second-order valence-electron chi connectivity index (χ2n) is 5.77. The van der Waals surface area contributed by atoms with Crippen LogP contribution in [-0.4, -0.2) is 52.3 Å². The van der Waals surface area contributed by atoms with Crippen molar-refractivity contribution in [1.82, 2.24) is 15.1 Å². The summed E-state index contributed by atoms with van der Waals surface area (Å²) >= 11 is 0.00996. The molecule has 2 amide bonds. The zero-order valence-electron chi connectivity index (χ0n) is 12.3. The van der Waals surface area contributed by atoms with Crippen LogP contribution >= 0.6 is 0 Å². The van der Waals surface area contributed by atoms with Crippen molar-refractivity contribution in [2.24, 2.45) is 5.92 Å². The number of piperazine rings is 1. The number of nitrogens with zero attached hydrogens (tertiary/aromatic N) is 2. The van der Waals surface area contributed by atoms with Gasteiger partial charge in [0.05, 0.1) is 0 Å². The summed E-state index contributed by atoms with van der Waals surface area (Å²) in [6.45, 7) is 4.70. The Labute approximate surface area is 135 Å². The van der Waals surface area contributed by atoms with E-state index >= 15 is 0 Å². The fraction of sp³-hybridized carbons (Fsp3) is 0.600. The van der Waals surface area contributed by atoms with Crippen LogP contribution in [0.2, 0.25) is 0 Å². The Morgan fingerprint density at radius 3 is 2.52 bits per heavy atom. The summed E-state index contributed by atoms with van der Waals surface area (Å²) < 4.78 is 3.16. The van der Waals surface area contributed by atoms with Crippen LogP contribution in [0.25, 0.3) is 0 Å². The summed E-state index contributed by atoms with van der Waals surface area (Å²) in [5.41, 5.74) is 1.89. The molecule has 3 aliphatic rings. The van der Waals surface area contributed by atoms with Gasteiger partial charge >= 0.3 is 136 Å². The first-order valence-corrected chi connectivity index (χ1v) is 10.2. The van der Waals surface area contributed by atoms with E-state index in [2.05, 4.69) is 9.40 Å². The Balaban J connectivity index is 1.57. The van der Waals surface area contributed by atoms with E-state index in [0.717, 1.165) is 17.4 Å². The summed E-state index contributed by atoms with van der Waals surface area (Å²) in [7, 11) is 0. The zero-order valence-corrected chi connectivity index (χ0v) is 14.4. The van der Waals surface area contributed by atoms with Gasteiger partial charge in [-0.3, -0.25) is 0 Å². The number of nitrogens with one attached hydrogen (secondary N) is 1. The fourth-order valence-electron chi connectivity index (χ4n) is 2.61. The third-order valence-corrected chi connectivity index (χ3v) is 6.24.